The highest BCUT2D eigenvalue weighted by atomic mass is 35.5. The van der Waals surface area contributed by atoms with Crippen molar-refractivity contribution in [2.24, 2.45) is 11.7 Å². The molecule has 6 heteroatoms. The molecule has 138 valence electrons. The minimum atomic E-state index is -0.265. The van der Waals surface area contributed by atoms with E-state index in [1.165, 1.54) is 32.1 Å². The summed E-state index contributed by atoms with van der Waals surface area (Å²) in [4.78, 5) is 14.7. The van der Waals surface area contributed by atoms with E-state index in [0.29, 0.717) is 12.5 Å². The third-order valence-corrected chi connectivity index (χ3v) is 4.68. The smallest absolute Gasteiger partial charge is 0.242 e. The van der Waals surface area contributed by atoms with Crippen LogP contribution in [0.15, 0.2) is 30.3 Å². The predicted molar refractivity (Wildman–Crippen MR) is 105 cm³/mol. The Hall–Kier alpha value is -0.810. The second-order valence-electron chi connectivity index (χ2n) is 6.53. The van der Waals surface area contributed by atoms with Crippen LogP contribution in [-0.4, -0.2) is 37.5 Å². The van der Waals surface area contributed by atoms with E-state index in [4.69, 9.17) is 5.73 Å². The first-order chi connectivity index (χ1) is 10.6. The Labute approximate surface area is 158 Å². The number of nitrogens with zero attached hydrogens (tertiary/aromatic N) is 1. The number of amides is 1. The van der Waals surface area contributed by atoms with Crippen LogP contribution in [0.4, 0.5) is 0 Å². The maximum atomic E-state index is 12.8. The van der Waals surface area contributed by atoms with Crippen molar-refractivity contribution >= 4 is 30.7 Å². The van der Waals surface area contributed by atoms with Crippen LogP contribution in [0.3, 0.4) is 0 Å². The highest BCUT2D eigenvalue weighted by Gasteiger charge is 2.28. The summed E-state index contributed by atoms with van der Waals surface area (Å²) in [5, 5.41) is 3.21. The fourth-order valence-electron chi connectivity index (χ4n) is 3.49. The van der Waals surface area contributed by atoms with Gasteiger partial charge in [0.25, 0.3) is 0 Å². The first-order valence-electron chi connectivity index (χ1n) is 8.35. The van der Waals surface area contributed by atoms with Gasteiger partial charge in [0.1, 0.15) is 6.04 Å². The number of nitrogens with one attached hydrogen (secondary N) is 1. The summed E-state index contributed by atoms with van der Waals surface area (Å²) in [5.41, 5.74) is 6.96. The molecule has 0 spiro atoms. The van der Waals surface area contributed by atoms with Crippen LogP contribution in [0.25, 0.3) is 0 Å². The van der Waals surface area contributed by atoms with Gasteiger partial charge in [0.2, 0.25) is 5.91 Å². The molecule has 0 bridgehead atoms. The molecule has 0 aliphatic heterocycles. The number of nitrogens with two attached hydrogens (primary N) is 1. The number of carbonyl (C=O) groups is 1. The van der Waals surface area contributed by atoms with Crippen LogP contribution in [0, 0.1) is 5.92 Å². The zero-order valence-corrected chi connectivity index (χ0v) is 16.2. The average Bonchev–Trinajstić information content (AvgIpc) is 2.54. The van der Waals surface area contributed by atoms with E-state index >= 15 is 0 Å². The van der Waals surface area contributed by atoms with Gasteiger partial charge in [-0.25, -0.2) is 0 Å². The molecule has 1 amide bonds. The summed E-state index contributed by atoms with van der Waals surface area (Å²) >= 11 is 0. The van der Waals surface area contributed by atoms with E-state index in [0.717, 1.165) is 5.56 Å². The molecule has 0 aromatic heterocycles. The summed E-state index contributed by atoms with van der Waals surface area (Å²) in [7, 11) is 3.88. The Balaban J connectivity index is 0.00000264. The van der Waals surface area contributed by atoms with Crippen LogP contribution < -0.4 is 11.1 Å². The van der Waals surface area contributed by atoms with Crippen LogP contribution in [0.2, 0.25) is 0 Å². The van der Waals surface area contributed by atoms with E-state index in [9.17, 15) is 4.79 Å². The minimum Gasteiger partial charge on any atom is -0.350 e. The third kappa shape index (κ3) is 6.25. The largest absolute Gasteiger partial charge is 0.350 e. The summed E-state index contributed by atoms with van der Waals surface area (Å²) < 4.78 is 0. The number of halogens is 2. The lowest BCUT2D eigenvalue weighted by atomic mass is 9.83. The van der Waals surface area contributed by atoms with E-state index in [-0.39, 0.29) is 42.8 Å². The van der Waals surface area contributed by atoms with E-state index < -0.39 is 0 Å². The molecule has 0 saturated heterocycles. The normalized spacial score (nSPS) is 17.3. The quantitative estimate of drug-likeness (QED) is 0.802. The first kappa shape index (κ1) is 23.2. The summed E-state index contributed by atoms with van der Waals surface area (Å²) in [6.07, 6.45) is 6.19. The van der Waals surface area contributed by atoms with Crippen molar-refractivity contribution in [3.8, 4) is 0 Å². The molecule has 1 aromatic carbocycles. The summed E-state index contributed by atoms with van der Waals surface area (Å²) in [6.45, 7) is 0.519. The Morgan fingerprint density at radius 1 is 1.17 bits per heavy atom. The molecule has 0 radical (unpaired) electrons. The van der Waals surface area contributed by atoms with Gasteiger partial charge in [-0.1, -0.05) is 49.6 Å². The lowest BCUT2D eigenvalue weighted by Gasteiger charge is -2.32. The van der Waals surface area contributed by atoms with Gasteiger partial charge in [-0.3, -0.25) is 9.69 Å². The number of benzene rings is 1. The van der Waals surface area contributed by atoms with Crippen molar-refractivity contribution in [2.45, 2.75) is 44.2 Å². The molecule has 2 unspecified atom stereocenters. The van der Waals surface area contributed by atoms with E-state index in [1.807, 2.05) is 49.3 Å². The van der Waals surface area contributed by atoms with E-state index in [2.05, 4.69) is 5.32 Å². The second kappa shape index (κ2) is 11.7. The highest BCUT2D eigenvalue weighted by Crippen LogP contribution is 2.27. The molecular weight excluding hydrogens is 345 g/mol. The number of likely N-dealkylation sites (N-methyl/N-ethyl adjacent to an activating group) is 1. The topological polar surface area (TPSA) is 58.4 Å². The molecule has 0 heterocycles. The number of carbonyl (C=O) groups excluding carboxylic acids is 1. The fourth-order valence-corrected chi connectivity index (χ4v) is 3.49. The zero-order chi connectivity index (χ0) is 15.9. The van der Waals surface area contributed by atoms with Crippen molar-refractivity contribution in [3.63, 3.8) is 0 Å². The van der Waals surface area contributed by atoms with Crippen molar-refractivity contribution in [1.82, 2.24) is 10.2 Å². The average molecular weight is 376 g/mol. The van der Waals surface area contributed by atoms with Crippen LogP contribution in [0.5, 0.6) is 0 Å². The Kier molecular flexibility index (Phi) is 11.3. The Morgan fingerprint density at radius 2 is 1.75 bits per heavy atom. The molecule has 1 aliphatic rings. The predicted octanol–water partition coefficient (Wildman–Crippen LogP) is 3.16. The molecule has 1 aromatic rings. The van der Waals surface area contributed by atoms with Gasteiger partial charge < -0.3 is 11.1 Å². The van der Waals surface area contributed by atoms with Crippen molar-refractivity contribution in [2.75, 3.05) is 20.6 Å². The molecule has 3 N–H and O–H groups in total. The number of hydrogen-bond donors (Lipinski definition) is 2. The van der Waals surface area contributed by atoms with Gasteiger partial charge in [0.05, 0.1) is 0 Å². The molecular formula is C18H31Cl2N3O. The highest BCUT2D eigenvalue weighted by molar-refractivity contribution is 5.85. The van der Waals surface area contributed by atoms with Crippen molar-refractivity contribution < 1.29 is 4.79 Å². The lowest BCUT2D eigenvalue weighted by molar-refractivity contribution is -0.126. The Bertz CT molecular complexity index is 465. The van der Waals surface area contributed by atoms with Crippen LogP contribution >= 0.6 is 24.8 Å². The molecule has 4 nitrogen and oxygen atoms in total. The van der Waals surface area contributed by atoms with Gasteiger partial charge in [-0.05, 0) is 38.4 Å². The van der Waals surface area contributed by atoms with Crippen LogP contribution in [-0.2, 0) is 4.79 Å². The van der Waals surface area contributed by atoms with Gasteiger partial charge in [0, 0.05) is 12.6 Å². The van der Waals surface area contributed by atoms with Gasteiger partial charge in [0.15, 0.2) is 0 Å². The molecule has 1 saturated carbocycles. The maximum Gasteiger partial charge on any atom is 0.242 e. The van der Waals surface area contributed by atoms with Crippen molar-refractivity contribution in [3.05, 3.63) is 35.9 Å². The van der Waals surface area contributed by atoms with Crippen LogP contribution in [0.1, 0.15) is 43.7 Å². The molecule has 2 atom stereocenters. The Morgan fingerprint density at radius 3 is 2.25 bits per heavy atom. The summed E-state index contributed by atoms with van der Waals surface area (Å²) in [6, 6.07) is 9.75. The van der Waals surface area contributed by atoms with Gasteiger partial charge in [-0.2, -0.15) is 0 Å². The SMILES string of the molecule is CN(C)C(C(=O)NC(CN)C1CCCCC1)c1ccccc1.Cl.Cl. The van der Waals surface area contributed by atoms with E-state index in [1.54, 1.807) is 0 Å². The molecule has 1 aliphatic carbocycles. The van der Waals surface area contributed by atoms with Gasteiger partial charge >= 0.3 is 0 Å². The fraction of sp³-hybridized carbons (Fsp3) is 0.611. The number of hydrogen-bond acceptors (Lipinski definition) is 3. The molecule has 24 heavy (non-hydrogen) atoms. The minimum absolute atomic E-state index is 0. The third-order valence-electron chi connectivity index (χ3n) is 4.68. The molecule has 1 fully saturated rings. The van der Waals surface area contributed by atoms with Crippen molar-refractivity contribution in [1.29, 1.82) is 0 Å². The summed E-state index contributed by atoms with van der Waals surface area (Å²) in [5.74, 6) is 0.582. The molecule has 2 rings (SSSR count). The first-order valence-corrected chi connectivity index (χ1v) is 8.35. The monoisotopic (exact) mass is 375 g/mol. The number of rotatable bonds is 6. The lowest BCUT2D eigenvalue weighted by Crippen LogP contribution is -2.49. The maximum absolute atomic E-state index is 12.8. The second-order valence-corrected chi connectivity index (χ2v) is 6.53. The zero-order valence-electron chi connectivity index (χ0n) is 14.6. The standard InChI is InChI=1S/C18H29N3O.2ClH/c1-21(2)17(15-11-7-4-8-12-15)18(22)20-16(13-19)14-9-5-3-6-10-14;;/h4,7-8,11-12,14,16-17H,3,5-6,9-10,13,19H2,1-2H3,(H,20,22);2*1H. The van der Waals surface area contributed by atoms with Gasteiger partial charge in [-0.15, -0.1) is 24.8 Å².